The molecule has 128 valence electrons. The van der Waals surface area contributed by atoms with Crippen molar-refractivity contribution in [3.63, 3.8) is 0 Å². The average molecular weight is 335 g/mol. The number of halogens is 1. The Morgan fingerprint density at radius 3 is 2.40 bits per heavy atom. The van der Waals surface area contributed by atoms with Crippen LogP contribution < -0.4 is 5.32 Å². The topological polar surface area (TPSA) is 29.9 Å². The van der Waals surface area contributed by atoms with Crippen LogP contribution in [0.5, 0.6) is 0 Å². The number of aromatic nitrogens is 2. The molecule has 0 aliphatic carbocycles. The summed E-state index contributed by atoms with van der Waals surface area (Å²) in [5.41, 5.74) is 4.81. The molecule has 0 atom stereocenters. The van der Waals surface area contributed by atoms with Crippen LogP contribution in [0.15, 0.2) is 54.6 Å². The Bertz CT molecular complexity index is 864. The van der Waals surface area contributed by atoms with E-state index in [2.05, 4.69) is 24.4 Å². The molecule has 1 aliphatic rings. The summed E-state index contributed by atoms with van der Waals surface area (Å²) in [6.07, 6.45) is 2.15. The molecule has 25 heavy (non-hydrogen) atoms. The molecule has 2 aromatic carbocycles. The number of hydrogen-bond donors (Lipinski definition) is 1. The van der Waals surface area contributed by atoms with Gasteiger partial charge in [-0.15, -0.1) is 0 Å². The van der Waals surface area contributed by atoms with E-state index in [4.69, 9.17) is 5.10 Å². The van der Waals surface area contributed by atoms with E-state index in [9.17, 15) is 4.39 Å². The number of nitrogens with zero attached hydrogens (tertiary/aromatic N) is 2. The van der Waals surface area contributed by atoms with Gasteiger partial charge >= 0.3 is 0 Å². The summed E-state index contributed by atoms with van der Waals surface area (Å²) in [6, 6.07) is 17.0. The normalized spacial score (nSPS) is 15.4. The van der Waals surface area contributed by atoms with Gasteiger partial charge in [0.15, 0.2) is 0 Å². The summed E-state index contributed by atoms with van der Waals surface area (Å²) in [4.78, 5) is 0. The van der Waals surface area contributed by atoms with Gasteiger partial charge in [-0.2, -0.15) is 5.10 Å². The lowest BCUT2D eigenvalue weighted by molar-refractivity contribution is 0.450. The van der Waals surface area contributed by atoms with Gasteiger partial charge in [0.05, 0.1) is 11.4 Å². The monoisotopic (exact) mass is 335 g/mol. The van der Waals surface area contributed by atoms with Crippen LogP contribution in [-0.2, 0) is 0 Å². The maximum Gasteiger partial charge on any atom is 0.148 e. The molecule has 0 saturated carbocycles. The van der Waals surface area contributed by atoms with Gasteiger partial charge < -0.3 is 5.32 Å². The quantitative estimate of drug-likeness (QED) is 0.766. The summed E-state index contributed by atoms with van der Waals surface area (Å²) >= 11 is 0. The standard InChI is InChI=1S/C21H22FN3/c1-15-20(16-11-13-23-14-12-16)24-25(19-10-6-5-9-18(19)22)21(15)17-7-3-2-4-8-17/h2-10,16,23H,11-14H2,1H3. The van der Waals surface area contributed by atoms with Crippen molar-refractivity contribution in [1.29, 1.82) is 0 Å². The number of piperidine rings is 1. The lowest BCUT2D eigenvalue weighted by atomic mass is 9.91. The highest BCUT2D eigenvalue weighted by Crippen LogP contribution is 2.35. The molecule has 1 aromatic heterocycles. The van der Waals surface area contributed by atoms with Crippen molar-refractivity contribution in [3.05, 3.63) is 71.7 Å². The molecule has 0 radical (unpaired) electrons. The number of rotatable bonds is 3. The minimum atomic E-state index is -0.251. The molecular formula is C21H22FN3. The number of para-hydroxylation sites is 1. The molecule has 1 N–H and O–H groups in total. The van der Waals surface area contributed by atoms with Gasteiger partial charge in [0.25, 0.3) is 0 Å². The Morgan fingerprint density at radius 2 is 1.68 bits per heavy atom. The summed E-state index contributed by atoms with van der Waals surface area (Å²) in [5.74, 6) is 0.177. The van der Waals surface area contributed by atoms with Crippen LogP contribution in [0, 0.1) is 12.7 Å². The van der Waals surface area contributed by atoms with Crippen LogP contribution in [0.2, 0.25) is 0 Å². The van der Waals surface area contributed by atoms with Crippen molar-refractivity contribution in [1.82, 2.24) is 15.1 Å². The van der Waals surface area contributed by atoms with Crippen LogP contribution in [-0.4, -0.2) is 22.9 Å². The maximum absolute atomic E-state index is 14.5. The second-order valence-electron chi connectivity index (χ2n) is 6.61. The molecule has 1 aliphatic heterocycles. The third-order valence-corrected chi connectivity index (χ3v) is 5.01. The molecule has 3 aromatic rings. The summed E-state index contributed by atoms with van der Waals surface area (Å²) < 4.78 is 16.3. The van der Waals surface area contributed by atoms with E-state index < -0.39 is 0 Å². The van der Waals surface area contributed by atoms with Crippen molar-refractivity contribution >= 4 is 0 Å². The fraction of sp³-hybridized carbons (Fsp3) is 0.286. The summed E-state index contributed by atoms with van der Waals surface area (Å²) in [7, 11) is 0. The van der Waals surface area contributed by atoms with E-state index in [0.29, 0.717) is 11.6 Å². The molecule has 0 amide bonds. The van der Waals surface area contributed by atoms with Crippen molar-refractivity contribution in [2.24, 2.45) is 0 Å². The van der Waals surface area contributed by atoms with Crippen molar-refractivity contribution in [2.45, 2.75) is 25.7 Å². The van der Waals surface area contributed by atoms with Crippen LogP contribution >= 0.6 is 0 Å². The minimum absolute atomic E-state index is 0.251. The van der Waals surface area contributed by atoms with Crippen molar-refractivity contribution in [3.8, 4) is 16.9 Å². The second-order valence-corrected chi connectivity index (χ2v) is 6.61. The maximum atomic E-state index is 14.5. The first-order chi connectivity index (χ1) is 12.3. The number of nitrogens with one attached hydrogen (secondary N) is 1. The lowest BCUT2D eigenvalue weighted by Gasteiger charge is -2.21. The Morgan fingerprint density at radius 1 is 1.00 bits per heavy atom. The van der Waals surface area contributed by atoms with Crippen molar-refractivity contribution in [2.75, 3.05) is 13.1 Å². The zero-order valence-electron chi connectivity index (χ0n) is 14.4. The predicted octanol–water partition coefficient (Wildman–Crippen LogP) is 4.45. The van der Waals surface area contributed by atoms with E-state index in [1.54, 1.807) is 16.8 Å². The Kier molecular flexibility index (Phi) is 4.36. The van der Waals surface area contributed by atoms with E-state index >= 15 is 0 Å². The van der Waals surface area contributed by atoms with E-state index in [-0.39, 0.29) is 5.82 Å². The van der Waals surface area contributed by atoms with Gasteiger partial charge in [-0.05, 0) is 50.6 Å². The molecule has 3 nitrogen and oxygen atoms in total. The first kappa shape index (κ1) is 16.0. The lowest BCUT2D eigenvalue weighted by Crippen LogP contribution is -2.27. The smallest absolute Gasteiger partial charge is 0.148 e. The Labute approximate surface area is 147 Å². The third-order valence-electron chi connectivity index (χ3n) is 5.01. The van der Waals surface area contributed by atoms with Gasteiger partial charge in [-0.1, -0.05) is 42.5 Å². The number of hydrogen-bond acceptors (Lipinski definition) is 2. The zero-order valence-corrected chi connectivity index (χ0v) is 14.4. The van der Waals surface area contributed by atoms with Crippen LogP contribution in [0.3, 0.4) is 0 Å². The fourth-order valence-corrected chi connectivity index (χ4v) is 3.73. The second kappa shape index (κ2) is 6.81. The largest absolute Gasteiger partial charge is 0.317 e. The van der Waals surface area contributed by atoms with E-state index in [1.165, 1.54) is 6.07 Å². The molecule has 2 heterocycles. The van der Waals surface area contributed by atoms with Crippen LogP contribution in [0.4, 0.5) is 4.39 Å². The van der Waals surface area contributed by atoms with E-state index in [0.717, 1.165) is 48.4 Å². The molecule has 1 saturated heterocycles. The molecule has 0 spiro atoms. The molecule has 0 unspecified atom stereocenters. The molecule has 0 bridgehead atoms. The molecule has 4 rings (SSSR count). The zero-order chi connectivity index (χ0) is 17.2. The van der Waals surface area contributed by atoms with Gasteiger partial charge in [0, 0.05) is 11.5 Å². The number of benzene rings is 2. The highest BCUT2D eigenvalue weighted by Gasteiger charge is 2.25. The summed E-state index contributed by atoms with van der Waals surface area (Å²) in [6.45, 7) is 4.14. The molecule has 4 heteroatoms. The highest BCUT2D eigenvalue weighted by molar-refractivity contribution is 5.67. The fourth-order valence-electron chi connectivity index (χ4n) is 3.73. The highest BCUT2D eigenvalue weighted by atomic mass is 19.1. The average Bonchev–Trinajstić information content (AvgIpc) is 3.00. The van der Waals surface area contributed by atoms with E-state index in [1.807, 2.05) is 24.3 Å². The molecular weight excluding hydrogens is 313 g/mol. The molecule has 1 fully saturated rings. The van der Waals surface area contributed by atoms with Crippen molar-refractivity contribution < 1.29 is 4.39 Å². The first-order valence-electron chi connectivity index (χ1n) is 8.86. The SMILES string of the molecule is Cc1c(C2CCNCC2)nn(-c2ccccc2F)c1-c1ccccc1. The minimum Gasteiger partial charge on any atom is -0.317 e. The van der Waals surface area contributed by atoms with Gasteiger partial charge in [0.1, 0.15) is 11.5 Å². The van der Waals surface area contributed by atoms with Gasteiger partial charge in [-0.3, -0.25) is 0 Å². The Balaban J connectivity index is 1.91. The first-order valence-corrected chi connectivity index (χ1v) is 8.86. The van der Waals surface area contributed by atoms with Crippen LogP contribution in [0.1, 0.15) is 30.0 Å². The van der Waals surface area contributed by atoms with Crippen LogP contribution in [0.25, 0.3) is 16.9 Å². The van der Waals surface area contributed by atoms with Gasteiger partial charge in [0.2, 0.25) is 0 Å². The van der Waals surface area contributed by atoms with Gasteiger partial charge in [-0.25, -0.2) is 9.07 Å². The Hall–Kier alpha value is -2.46. The predicted molar refractivity (Wildman–Crippen MR) is 98.5 cm³/mol. The third kappa shape index (κ3) is 2.98. The summed E-state index contributed by atoms with van der Waals surface area (Å²) in [5, 5.41) is 8.29.